The number of phenols is 1. The van der Waals surface area contributed by atoms with Crippen molar-refractivity contribution in [2.45, 2.75) is 9.79 Å². The third-order valence-corrected chi connectivity index (χ3v) is 5.64. The molecule has 30 heavy (non-hydrogen) atoms. The van der Waals surface area contributed by atoms with Gasteiger partial charge in [0, 0.05) is 15.9 Å². The average molecular weight is 421 g/mol. The fourth-order valence-electron chi connectivity index (χ4n) is 3.07. The third kappa shape index (κ3) is 3.77. The summed E-state index contributed by atoms with van der Waals surface area (Å²) in [5.41, 5.74) is 4.73. The Hall–Kier alpha value is -3.65. The maximum absolute atomic E-state index is 13.1. The first-order valence-electron chi connectivity index (χ1n) is 9.06. The third-order valence-electron chi connectivity index (χ3n) is 4.51. The van der Waals surface area contributed by atoms with Gasteiger partial charge >= 0.3 is 6.03 Å². The fraction of sp³-hybridized carbons (Fsp3) is 0.0909. The largest absolute Gasteiger partial charge is 0.504 e. The molecule has 8 heteroatoms. The number of ether oxygens (including phenoxy) is 2. The van der Waals surface area contributed by atoms with Gasteiger partial charge in [-0.3, -0.25) is 4.90 Å². The van der Waals surface area contributed by atoms with Crippen LogP contribution in [0.4, 0.5) is 16.2 Å². The van der Waals surface area contributed by atoms with Gasteiger partial charge in [-0.15, -0.1) is 0 Å². The zero-order valence-electron chi connectivity index (χ0n) is 16.3. The van der Waals surface area contributed by atoms with E-state index in [4.69, 9.17) is 9.47 Å². The monoisotopic (exact) mass is 421 g/mol. The van der Waals surface area contributed by atoms with E-state index in [2.05, 4.69) is 10.5 Å². The molecule has 0 saturated heterocycles. The predicted molar refractivity (Wildman–Crippen MR) is 116 cm³/mol. The number of para-hydroxylation sites is 1. The number of carbonyl (C=O) groups is 1. The van der Waals surface area contributed by atoms with Gasteiger partial charge in [0.25, 0.3) is 0 Å². The number of methoxy groups -OCH3 is 2. The van der Waals surface area contributed by atoms with Crippen molar-refractivity contribution >= 4 is 35.4 Å². The Morgan fingerprint density at radius 3 is 2.63 bits per heavy atom. The van der Waals surface area contributed by atoms with Crippen molar-refractivity contribution in [3.05, 3.63) is 66.2 Å². The van der Waals surface area contributed by atoms with Crippen LogP contribution in [0.3, 0.4) is 0 Å². The first kappa shape index (κ1) is 19.7. The minimum Gasteiger partial charge on any atom is -0.504 e. The van der Waals surface area contributed by atoms with Crippen LogP contribution in [-0.4, -0.2) is 31.6 Å². The van der Waals surface area contributed by atoms with E-state index in [0.29, 0.717) is 17.1 Å². The molecule has 0 fully saturated rings. The maximum Gasteiger partial charge on any atom is 0.346 e. The predicted octanol–water partition coefficient (Wildman–Crippen LogP) is 4.76. The summed E-state index contributed by atoms with van der Waals surface area (Å²) in [5, 5.41) is 13.8. The number of hydrogen-bond acceptors (Lipinski definition) is 6. The van der Waals surface area contributed by atoms with E-state index in [-0.39, 0.29) is 5.75 Å². The number of fused-ring (bicyclic) bond motifs is 2. The van der Waals surface area contributed by atoms with Gasteiger partial charge in [-0.1, -0.05) is 23.9 Å². The van der Waals surface area contributed by atoms with Crippen molar-refractivity contribution in [2.75, 3.05) is 19.1 Å². The molecule has 3 aromatic carbocycles. The number of hydrazone groups is 1. The van der Waals surface area contributed by atoms with Crippen LogP contribution in [0.5, 0.6) is 17.2 Å². The van der Waals surface area contributed by atoms with E-state index in [0.717, 1.165) is 21.2 Å². The van der Waals surface area contributed by atoms with E-state index >= 15 is 0 Å². The molecule has 0 aliphatic carbocycles. The molecule has 0 atom stereocenters. The minimum absolute atomic E-state index is 0.0339. The summed E-state index contributed by atoms with van der Waals surface area (Å²) in [4.78, 5) is 16.6. The average Bonchev–Trinajstić information content (AvgIpc) is 2.78. The van der Waals surface area contributed by atoms with E-state index in [1.807, 2.05) is 42.5 Å². The molecule has 2 N–H and O–H groups in total. The van der Waals surface area contributed by atoms with Crippen LogP contribution < -0.4 is 19.8 Å². The highest BCUT2D eigenvalue weighted by molar-refractivity contribution is 7.99. The molecule has 0 aromatic heterocycles. The zero-order valence-corrected chi connectivity index (χ0v) is 17.1. The number of nitrogens with one attached hydrogen (secondary N) is 1. The molecule has 0 saturated carbocycles. The Labute approximate surface area is 177 Å². The number of urea groups is 1. The van der Waals surface area contributed by atoms with Crippen LogP contribution in [0.1, 0.15) is 5.56 Å². The number of carbonyl (C=O) groups excluding carboxylic acids is 1. The number of nitrogens with zero attached hydrogens (tertiary/aromatic N) is 2. The topological polar surface area (TPSA) is 83.4 Å². The lowest BCUT2D eigenvalue weighted by Gasteiger charge is -2.30. The molecule has 7 nitrogen and oxygen atoms in total. The van der Waals surface area contributed by atoms with Gasteiger partial charge in [0.2, 0.25) is 0 Å². The lowest BCUT2D eigenvalue weighted by molar-refractivity contribution is 0.249. The number of aromatic hydroxyl groups is 1. The van der Waals surface area contributed by atoms with Crippen molar-refractivity contribution in [3.8, 4) is 17.2 Å². The van der Waals surface area contributed by atoms with Gasteiger partial charge in [0.1, 0.15) is 5.75 Å². The van der Waals surface area contributed by atoms with Crippen molar-refractivity contribution < 1.29 is 19.4 Å². The van der Waals surface area contributed by atoms with E-state index in [1.54, 1.807) is 35.9 Å². The van der Waals surface area contributed by atoms with Gasteiger partial charge in [-0.2, -0.15) is 5.10 Å². The maximum atomic E-state index is 13.1. The van der Waals surface area contributed by atoms with E-state index < -0.39 is 6.03 Å². The summed E-state index contributed by atoms with van der Waals surface area (Å²) in [6, 6.07) is 17.7. The summed E-state index contributed by atoms with van der Waals surface area (Å²) < 4.78 is 10.4. The highest BCUT2D eigenvalue weighted by atomic mass is 32.2. The van der Waals surface area contributed by atoms with Gasteiger partial charge < -0.3 is 14.6 Å². The molecule has 1 heterocycles. The number of hydrogen-bond donors (Lipinski definition) is 2. The summed E-state index contributed by atoms with van der Waals surface area (Å²) in [6.07, 6.45) is 1.48. The molecule has 0 unspecified atom stereocenters. The number of benzene rings is 3. The molecule has 0 spiro atoms. The Bertz CT molecular complexity index is 1130. The summed E-state index contributed by atoms with van der Waals surface area (Å²) in [6.45, 7) is 0. The second-order valence-corrected chi connectivity index (χ2v) is 7.43. The van der Waals surface area contributed by atoms with E-state index in [9.17, 15) is 9.90 Å². The van der Waals surface area contributed by atoms with Crippen LogP contribution in [-0.2, 0) is 0 Å². The zero-order chi connectivity index (χ0) is 21.1. The number of amides is 2. The molecule has 3 aromatic rings. The number of phenolic OH excluding ortho intramolecular Hbond substituents is 1. The molecule has 1 aliphatic rings. The van der Waals surface area contributed by atoms with Gasteiger partial charge in [0.15, 0.2) is 11.5 Å². The second-order valence-electron chi connectivity index (χ2n) is 6.35. The molecule has 4 rings (SSSR count). The van der Waals surface area contributed by atoms with Crippen LogP contribution in [0, 0.1) is 0 Å². The SMILES string of the molecule is COc1ccc2c(c1)N(C(=O)N/N=C/c1ccc(O)c(OC)c1)c1ccccc1S2. The van der Waals surface area contributed by atoms with Crippen molar-refractivity contribution in [3.63, 3.8) is 0 Å². The van der Waals surface area contributed by atoms with Crippen LogP contribution in [0.2, 0.25) is 0 Å². The number of rotatable bonds is 4. The molecule has 0 bridgehead atoms. The van der Waals surface area contributed by atoms with Crippen LogP contribution in [0.15, 0.2) is 75.6 Å². The first-order chi connectivity index (χ1) is 14.6. The number of anilines is 2. The second kappa shape index (κ2) is 8.38. The van der Waals surface area contributed by atoms with Crippen molar-refractivity contribution in [2.24, 2.45) is 5.10 Å². The molecule has 0 radical (unpaired) electrons. The van der Waals surface area contributed by atoms with Crippen molar-refractivity contribution in [1.82, 2.24) is 5.43 Å². The summed E-state index contributed by atoms with van der Waals surface area (Å²) in [5.74, 6) is 1.02. The lowest BCUT2D eigenvalue weighted by Crippen LogP contribution is -2.35. The Morgan fingerprint density at radius 2 is 1.83 bits per heavy atom. The molecule has 152 valence electrons. The normalized spacial score (nSPS) is 12.3. The summed E-state index contributed by atoms with van der Waals surface area (Å²) in [7, 11) is 3.06. The smallest absolute Gasteiger partial charge is 0.346 e. The quantitative estimate of drug-likeness (QED) is 0.469. The first-order valence-corrected chi connectivity index (χ1v) is 9.87. The standard InChI is InChI=1S/C22H19N3O4S/c1-28-15-8-10-21-17(12-15)25(16-5-3-4-6-20(16)30-21)22(27)24-23-13-14-7-9-18(26)19(11-14)29-2/h3-13,26H,1-2H3,(H,24,27)/b23-13+. The molecular formula is C22H19N3O4S. The lowest BCUT2D eigenvalue weighted by atomic mass is 10.2. The summed E-state index contributed by atoms with van der Waals surface area (Å²) >= 11 is 1.60. The van der Waals surface area contributed by atoms with Gasteiger partial charge in [0.05, 0.1) is 31.8 Å². The Morgan fingerprint density at radius 1 is 1.03 bits per heavy atom. The van der Waals surface area contributed by atoms with Gasteiger partial charge in [-0.25, -0.2) is 10.2 Å². The fourth-order valence-corrected chi connectivity index (χ4v) is 4.11. The Balaban J connectivity index is 1.62. The molecular weight excluding hydrogens is 402 g/mol. The van der Waals surface area contributed by atoms with Gasteiger partial charge in [-0.05, 0) is 48.0 Å². The minimum atomic E-state index is -0.403. The molecule has 2 amide bonds. The van der Waals surface area contributed by atoms with Crippen LogP contribution in [0.25, 0.3) is 0 Å². The van der Waals surface area contributed by atoms with E-state index in [1.165, 1.54) is 19.4 Å². The highest BCUT2D eigenvalue weighted by Crippen LogP contribution is 2.49. The molecule has 1 aliphatic heterocycles. The highest BCUT2D eigenvalue weighted by Gasteiger charge is 2.28. The van der Waals surface area contributed by atoms with Crippen LogP contribution >= 0.6 is 11.8 Å². The van der Waals surface area contributed by atoms with Crippen molar-refractivity contribution in [1.29, 1.82) is 0 Å². The Kier molecular flexibility index (Phi) is 5.49.